The standard InChI is InChI=1S/C8H11N3O.2ClH/c1-5-10-7-4-9-3-2-6(7)8(12)11-5;;/h9H,2-4H2,1H3,(H,10,11,12);2*1H. The Bertz CT molecular complexity index is 364. The van der Waals surface area contributed by atoms with Gasteiger partial charge in [0.1, 0.15) is 5.82 Å². The highest BCUT2D eigenvalue weighted by molar-refractivity contribution is 5.85. The Morgan fingerprint density at radius 2 is 2.07 bits per heavy atom. The first-order valence-electron chi connectivity index (χ1n) is 4.07. The van der Waals surface area contributed by atoms with Gasteiger partial charge in [-0.25, -0.2) is 4.98 Å². The molecule has 0 atom stereocenters. The van der Waals surface area contributed by atoms with Gasteiger partial charge in [-0.05, 0) is 19.9 Å². The molecule has 6 heteroatoms. The molecule has 1 aliphatic rings. The van der Waals surface area contributed by atoms with Crippen molar-refractivity contribution in [2.75, 3.05) is 6.54 Å². The summed E-state index contributed by atoms with van der Waals surface area (Å²) in [6, 6.07) is 0. The van der Waals surface area contributed by atoms with Gasteiger partial charge in [0.25, 0.3) is 5.56 Å². The van der Waals surface area contributed by atoms with E-state index in [0.717, 1.165) is 30.8 Å². The van der Waals surface area contributed by atoms with Crippen LogP contribution in [0.3, 0.4) is 0 Å². The number of aromatic nitrogens is 2. The first kappa shape index (κ1) is 13.4. The fraction of sp³-hybridized carbons (Fsp3) is 0.500. The molecule has 2 heterocycles. The molecule has 0 aromatic carbocycles. The van der Waals surface area contributed by atoms with Gasteiger partial charge in [0.05, 0.1) is 5.69 Å². The molecule has 0 unspecified atom stereocenters. The van der Waals surface area contributed by atoms with Crippen LogP contribution >= 0.6 is 24.8 Å². The predicted octanol–water partition coefficient (Wildman–Crippen LogP) is 0.568. The highest BCUT2D eigenvalue weighted by atomic mass is 35.5. The predicted molar refractivity (Wildman–Crippen MR) is 59.5 cm³/mol. The van der Waals surface area contributed by atoms with E-state index < -0.39 is 0 Å². The summed E-state index contributed by atoms with van der Waals surface area (Å²) in [5.74, 6) is 0.697. The molecule has 1 aromatic heterocycles. The maximum Gasteiger partial charge on any atom is 0.254 e. The number of halogens is 2. The lowest BCUT2D eigenvalue weighted by molar-refractivity contribution is 0.614. The third-order valence-corrected chi connectivity index (χ3v) is 2.06. The minimum atomic E-state index is 0. The maximum absolute atomic E-state index is 11.4. The summed E-state index contributed by atoms with van der Waals surface area (Å²) < 4.78 is 0. The van der Waals surface area contributed by atoms with Gasteiger partial charge in [-0.15, -0.1) is 24.8 Å². The molecule has 0 aliphatic carbocycles. The van der Waals surface area contributed by atoms with Crippen LogP contribution in [-0.2, 0) is 13.0 Å². The summed E-state index contributed by atoms with van der Waals surface area (Å²) in [4.78, 5) is 18.3. The molecular formula is C8H13Cl2N3O. The molecule has 14 heavy (non-hydrogen) atoms. The van der Waals surface area contributed by atoms with Gasteiger partial charge in [-0.2, -0.15) is 0 Å². The van der Waals surface area contributed by atoms with Gasteiger partial charge in [-0.3, -0.25) is 4.79 Å². The summed E-state index contributed by atoms with van der Waals surface area (Å²) in [6.45, 7) is 3.40. The molecule has 0 amide bonds. The minimum absolute atomic E-state index is 0. The fourth-order valence-corrected chi connectivity index (χ4v) is 1.49. The lowest BCUT2D eigenvalue weighted by Crippen LogP contribution is -2.31. The molecule has 80 valence electrons. The van der Waals surface area contributed by atoms with Gasteiger partial charge in [0.15, 0.2) is 0 Å². The van der Waals surface area contributed by atoms with Gasteiger partial charge in [0, 0.05) is 12.1 Å². The average Bonchev–Trinajstić information content (AvgIpc) is 2.04. The Kier molecular flexibility index (Phi) is 5.12. The molecule has 0 radical (unpaired) electrons. The van der Waals surface area contributed by atoms with E-state index in [-0.39, 0.29) is 30.4 Å². The number of hydrogen-bond donors (Lipinski definition) is 2. The molecule has 0 saturated carbocycles. The molecule has 0 fully saturated rings. The highest BCUT2D eigenvalue weighted by Crippen LogP contribution is 2.05. The van der Waals surface area contributed by atoms with E-state index in [1.54, 1.807) is 6.92 Å². The smallest absolute Gasteiger partial charge is 0.254 e. The van der Waals surface area contributed by atoms with Crippen LogP contribution < -0.4 is 10.9 Å². The van der Waals surface area contributed by atoms with Gasteiger partial charge in [0.2, 0.25) is 0 Å². The summed E-state index contributed by atoms with van der Waals surface area (Å²) in [7, 11) is 0. The fourth-order valence-electron chi connectivity index (χ4n) is 1.49. The number of rotatable bonds is 0. The second-order valence-electron chi connectivity index (χ2n) is 3.00. The Hall–Kier alpha value is -0.580. The second kappa shape index (κ2) is 5.34. The van der Waals surface area contributed by atoms with E-state index in [1.165, 1.54) is 0 Å². The van der Waals surface area contributed by atoms with Gasteiger partial charge in [-0.1, -0.05) is 0 Å². The lowest BCUT2D eigenvalue weighted by Gasteiger charge is -2.14. The number of aromatic amines is 1. The van der Waals surface area contributed by atoms with Crippen LogP contribution in [0.1, 0.15) is 17.1 Å². The largest absolute Gasteiger partial charge is 0.311 e. The van der Waals surface area contributed by atoms with E-state index in [0.29, 0.717) is 5.82 Å². The highest BCUT2D eigenvalue weighted by Gasteiger charge is 2.13. The van der Waals surface area contributed by atoms with Crippen LogP contribution in [0.2, 0.25) is 0 Å². The monoisotopic (exact) mass is 237 g/mol. The zero-order valence-electron chi connectivity index (χ0n) is 7.79. The SMILES string of the molecule is Cc1nc2c(c(=O)[nH]1)CCNC2.Cl.Cl. The van der Waals surface area contributed by atoms with Crippen LogP contribution in [0.4, 0.5) is 0 Å². The van der Waals surface area contributed by atoms with Crippen molar-refractivity contribution in [2.24, 2.45) is 0 Å². The zero-order valence-corrected chi connectivity index (χ0v) is 9.43. The third-order valence-electron chi connectivity index (χ3n) is 2.06. The Morgan fingerprint density at radius 3 is 2.79 bits per heavy atom. The minimum Gasteiger partial charge on any atom is -0.311 e. The van der Waals surface area contributed by atoms with Crippen molar-refractivity contribution in [3.05, 3.63) is 27.4 Å². The molecular weight excluding hydrogens is 225 g/mol. The maximum atomic E-state index is 11.4. The lowest BCUT2D eigenvalue weighted by atomic mass is 10.1. The molecule has 0 saturated heterocycles. The summed E-state index contributed by atoms with van der Waals surface area (Å²) >= 11 is 0. The van der Waals surface area contributed by atoms with Crippen LogP contribution in [0.15, 0.2) is 4.79 Å². The molecule has 2 N–H and O–H groups in total. The van der Waals surface area contributed by atoms with Crippen LogP contribution in [0.25, 0.3) is 0 Å². The Balaban J connectivity index is 0.000000845. The molecule has 1 aliphatic heterocycles. The normalized spacial score (nSPS) is 13.5. The van der Waals surface area contributed by atoms with Crippen molar-refractivity contribution >= 4 is 24.8 Å². The van der Waals surface area contributed by atoms with E-state index >= 15 is 0 Å². The molecule has 0 bridgehead atoms. The Morgan fingerprint density at radius 1 is 1.36 bits per heavy atom. The van der Waals surface area contributed by atoms with Gasteiger partial charge < -0.3 is 10.3 Å². The number of H-pyrrole nitrogens is 1. The van der Waals surface area contributed by atoms with Gasteiger partial charge >= 0.3 is 0 Å². The average molecular weight is 238 g/mol. The summed E-state index contributed by atoms with van der Waals surface area (Å²) in [6.07, 6.45) is 0.790. The van der Waals surface area contributed by atoms with Crippen molar-refractivity contribution in [1.82, 2.24) is 15.3 Å². The van der Waals surface area contributed by atoms with Crippen molar-refractivity contribution < 1.29 is 0 Å². The van der Waals surface area contributed by atoms with E-state index in [4.69, 9.17) is 0 Å². The Labute approximate surface area is 94.3 Å². The second-order valence-corrected chi connectivity index (χ2v) is 3.00. The first-order valence-corrected chi connectivity index (χ1v) is 4.07. The number of nitrogens with one attached hydrogen (secondary N) is 2. The van der Waals surface area contributed by atoms with Crippen molar-refractivity contribution in [1.29, 1.82) is 0 Å². The number of aryl methyl sites for hydroxylation is 1. The van der Waals surface area contributed by atoms with Crippen molar-refractivity contribution in [3.63, 3.8) is 0 Å². The summed E-state index contributed by atoms with van der Waals surface area (Å²) in [5, 5.41) is 3.18. The molecule has 4 nitrogen and oxygen atoms in total. The molecule has 2 rings (SSSR count). The van der Waals surface area contributed by atoms with Crippen LogP contribution in [0.5, 0.6) is 0 Å². The van der Waals surface area contributed by atoms with E-state index in [9.17, 15) is 4.79 Å². The molecule has 1 aromatic rings. The molecule has 0 spiro atoms. The van der Waals surface area contributed by atoms with Crippen molar-refractivity contribution in [3.8, 4) is 0 Å². The zero-order chi connectivity index (χ0) is 8.55. The number of fused-ring (bicyclic) bond motifs is 1. The van der Waals surface area contributed by atoms with Crippen LogP contribution in [0, 0.1) is 6.92 Å². The third kappa shape index (κ3) is 2.47. The first-order chi connectivity index (χ1) is 5.77. The number of hydrogen-bond acceptors (Lipinski definition) is 3. The topological polar surface area (TPSA) is 57.8 Å². The van der Waals surface area contributed by atoms with E-state index in [1.807, 2.05) is 0 Å². The quantitative estimate of drug-likeness (QED) is 0.694. The van der Waals surface area contributed by atoms with E-state index in [2.05, 4.69) is 15.3 Å². The summed E-state index contributed by atoms with van der Waals surface area (Å²) in [5.41, 5.74) is 1.78. The van der Waals surface area contributed by atoms with Crippen molar-refractivity contribution in [2.45, 2.75) is 19.9 Å². The number of nitrogens with zero attached hydrogens (tertiary/aromatic N) is 1. The van der Waals surface area contributed by atoms with Crippen LogP contribution in [-0.4, -0.2) is 16.5 Å².